The Morgan fingerprint density at radius 1 is 1.50 bits per heavy atom. The van der Waals surface area contributed by atoms with Crippen LogP contribution >= 0.6 is 0 Å². The number of carbonyl (C=O) groups is 2. The monoisotopic (exact) mass is 275 g/mol. The van der Waals surface area contributed by atoms with E-state index in [0.29, 0.717) is 16.7 Å². The van der Waals surface area contributed by atoms with Crippen molar-refractivity contribution in [1.29, 1.82) is 0 Å². The largest absolute Gasteiger partial charge is 0.466 e. The maximum Gasteiger partial charge on any atom is 0.330 e. The molecule has 1 N–H and O–H groups in total. The molecule has 0 aliphatic rings. The molecule has 2 heterocycles. The maximum absolute atomic E-state index is 11.9. The summed E-state index contributed by atoms with van der Waals surface area (Å²) in [7, 11) is 3.01. The second kappa shape index (κ2) is 5.91. The average molecular weight is 275 g/mol. The van der Waals surface area contributed by atoms with Crippen LogP contribution in [-0.4, -0.2) is 45.5 Å². The predicted molar refractivity (Wildman–Crippen MR) is 69.8 cm³/mol. The fraction of sp³-hybridized carbons (Fsp3) is 0.250. The summed E-state index contributed by atoms with van der Waals surface area (Å²) in [5.41, 5.74) is 1.53. The van der Waals surface area contributed by atoms with Crippen LogP contribution in [0.1, 0.15) is 10.4 Å². The number of amides is 1. The number of aromatic nitrogens is 4. The molecular weight excluding hydrogens is 262 g/mol. The average Bonchev–Trinajstić information content (AvgIpc) is 2.84. The first-order valence-corrected chi connectivity index (χ1v) is 5.80. The number of fused-ring (bicyclic) bond motifs is 1. The first kappa shape index (κ1) is 13.7. The Kier molecular flexibility index (Phi) is 4.04. The summed E-state index contributed by atoms with van der Waals surface area (Å²) in [6.45, 7) is 0.215. The minimum atomic E-state index is -0.470. The topological polar surface area (TPSA) is 99.0 Å². The van der Waals surface area contributed by atoms with Crippen molar-refractivity contribution in [3.63, 3.8) is 0 Å². The van der Waals surface area contributed by atoms with Crippen molar-refractivity contribution in [2.24, 2.45) is 7.05 Å². The van der Waals surface area contributed by atoms with E-state index in [2.05, 4.69) is 25.3 Å². The van der Waals surface area contributed by atoms with Gasteiger partial charge >= 0.3 is 5.97 Å². The van der Waals surface area contributed by atoms with E-state index in [9.17, 15) is 9.59 Å². The van der Waals surface area contributed by atoms with Crippen molar-refractivity contribution >= 4 is 23.0 Å². The number of ether oxygens (including phenoxy) is 1. The summed E-state index contributed by atoms with van der Waals surface area (Å²) in [6, 6.07) is 1.61. The Labute approximate surface area is 114 Å². The van der Waals surface area contributed by atoms with Crippen molar-refractivity contribution in [2.45, 2.75) is 0 Å². The fourth-order valence-electron chi connectivity index (χ4n) is 1.53. The summed E-state index contributed by atoms with van der Waals surface area (Å²) in [4.78, 5) is 26.8. The van der Waals surface area contributed by atoms with E-state index in [-0.39, 0.29) is 12.5 Å². The second-order valence-electron chi connectivity index (χ2n) is 3.92. The number of carbonyl (C=O) groups excluding carboxylic acids is 2. The number of methoxy groups -OCH3 is 1. The van der Waals surface area contributed by atoms with Gasteiger partial charge in [-0.1, -0.05) is 11.3 Å². The van der Waals surface area contributed by atoms with Gasteiger partial charge < -0.3 is 10.1 Å². The van der Waals surface area contributed by atoms with Gasteiger partial charge in [-0.05, 0) is 6.07 Å². The van der Waals surface area contributed by atoms with Crippen LogP contribution in [0.15, 0.2) is 24.4 Å². The molecule has 8 heteroatoms. The van der Waals surface area contributed by atoms with Crippen molar-refractivity contribution in [1.82, 2.24) is 25.3 Å². The summed E-state index contributed by atoms with van der Waals surface area (Å²) in [6.07, 6.45) is 4.19. The summed E-state index contributed by atoms with van der Waals surface area (Å²) < 4.78 is 5.95. The molecular formula is C12H13N5O3. The van der Waals surface area contributed by atoms with E-state index in [0.717, 1.165) is 0 Å². The summed E-state index contributed by atoms with van der Waals surface area (Å²) >= 11 is 0. The van der Waals surface area contributed by atoms with Gasteiger partial charge in [0.05, 0.1) is 12.7 Å². The van der Waals surface area contributed by atoms with Crippen LogP contribution in [0, 0.1) is 0 Å². The number of nitrogens with zero attached hydrogens (tertiary/aromatic N) is 4. The standard InChI is InChI=1S/C12H13N5O3/c1-17-11-9(15-16-17)6-8(7-14-11)12(19)13-5-3-4-10(18)20-2/h3-4,6-7H,5H2,1-2H3,(H,13,19)/b4-3+. The van der Waals surface area contributed by atoms with Crippen LogP contribution < -0.4 is 5.32 Å². The van der Waals surface area contributed by atoms with Crippen LogP contribution in [0.3, 0.4) is 0 Å². The molecule has 0 radical (unpaired) electrons. The van der Waals surface area contributed by atoms with E-state index < -0.39 is 5.97 Å². The molecule has 1 amide bonds. The van der Waals surface area contributed by atoms with Gasteiger partial charge in [0, 0.05) is 25.9 Å². The van der Waals surface area contributed by atoms with Crippen molar-refractivity contribution in [3.8, 4) is 0 Å². The third kappa shape index (κ3) is 2.97. The molecule has 0 atom stereocenters. The summed E-state index contributed by atoms with van der Waals surface area (Å²) in [5, 5.41) is 10.3. The van der Waals surface area contributed by atoms with E-state index in [1.165, 1.54) is 30.1 Å². The van der Waals surface area contributed by atoms with Crippen molar-refractivity contribution in [3.05, 3.63) is 30.0 Å². The molecule has 8 nitrogen and oxygen atoms in total. The van der Waals surface area contributed by atoms with Gasteiger partial charge in [0.25, 0.3) is 5.91 Å². The van der Waals surface area contributed by atoms with E-state index in [1.807, 2.05) is 0 Å². The zero-order valence-corrected chi connectivity index (χ0v) is 11.0. The van der Waals surface area contributed by atoms with E-state index >= 15 is 0 Å². The van der Waals surface area contributed by atoms with Crippen molar-refractivity contribution < 1.29 is 14.3 Å². The lowest BCUT2D eigenvalue weighted by molar-refractivity contribution is -0.134. The molecule has 104 valence electrons. The fourth-order valence-corrected chi connectivity index (χ4v) is 1.53. The highest BCUT2D eigenvalue weighted by molar-refractivity contribution is 5.96. The molecule has 0 unspecified atom stereocenters. The summed E-state index contributed by atoms with van der Waals surface area (Å²) in [5.74, 6) is -0.776. The minimum Gasteiger partial charge on any atom is -0.466 e. The molecule has 0 saturated heterocycles. The molecule has 0 aromatic carbocycles. The highest BCUT2D eigenvalue weighted by atomic mass is 16.5. The number of esters is 1. The SMILES string of the molecule is COC(=O)/C=C/CNC(=O)c1cnc2c(c1)nnn2C. The molecule has 0 fully saturated rings. The highest BCUT2D eigenvalue weighted by Crippen LogP contribution is 2.08. The normalized spacial score (nSPS) is 10.9. The van der Waals surface area contributed by atoms with Gasteiger partial charge in [0.2, 0.25) is 0 Å². The van der Waals surface area contributed by atoms with E-state index in [4.69, 9.17) is 0 Å². The molecule has 2 aromatic heterocycles. The zero-order chi connectivity index (χ0) is 14.5. The van der Waals surface area contributed by atoms with Crippen LogP contribution in [0.25, 0.3) is 11.2 Å². The maximum atomic E-state index is 11.9. The molecule has 20 heavy (non-hydrogen) atoms. The van der Waals surface area contributed by atoms with Crippen LogP contribution in [0.2, 0.25) is 0 Å². The number of rotatable bonds is 4. The molecule has 2 rings (SSSR count). The first-order valence-electron chi connectivity index (χ1n) is 5.80. The van der Waals surface area contributed by atoms with Gasteiger partial charge in [-0.25, -0.2) is 14.5 Å². The number of aryl methyl sites for hydroxylation is 1. The number of hydrogen-bond donors (Lipinski definition) is 1. The lowest BCUT2D eigenvalue weighted by Gasteiger charge is -2.01. The lowest BCUT2D eigenvalue weighted by atomic mass is 10.2. The smallest absolute Gasteiger partial charge is 0.330 e. The Morgan fingerprint density at radius 3 is 3.05 bits per heavy atom. The third-order valence-electron chi connectivity index (χ3n) is 2.54. The molecule has 0 bridgehead atoms. The van der Waals surface area contributed by atoms with Gasteiger partial charge in [0.1, 0.15) is 5.52 Å². The van der Waals surface area contributed by atoms with Crippen molar-refractivity contribution in [2.75, 3.05) is 13.7 Å². The minimum absolute atomic E-state index is 0.215. The Balaban J connectivity index is 2.00. The Morgan fingerprint density at radius 2 is 2.30 bits per heavy atom. The molecule has 0 spiro atoms. The van der Waals surface area contributed by atoms with Crippen LogP contribution in [0.5, 0.6) is 0 Å². The van der Waals surface area contributed by atoms with E-state index in [1.54, 1.807) is 13.1 Å². The van der Waals surface area contributed by atoms with Gasteiger partial charge in [-0.2, -0.15) is 0 Å². The molecule has 0 saturated carbocycles. The molecule has 0 aliphatic carbocycles. The third-order valence-corrected chi connectivity index (χ3v) is 2.54. The Bertz CT molecular complexity index is 677. The van der Waals surface area contributed by atoms with Crippen LogP contribution in [0.4, 0.5) is 0 Å². The van der Waals surface area contributed by atoms with Gasteiger partial charge in [-0.15, -0.1) is 5.10 Å². The van der Waals surface area contributed by atoms with Gasteiger partial charge in [0.15, 0.2) is 5.65 Å². The van der Waals surface area contributed by atoms with Crippen LogP contribution in [-0.2, 0) is 16.6 Å². The predicted octanol–water partition coefficient (Wildman–Crippen LogP) is -0.178. The Hall–Kier alpha value is -2.77. The number of pyridine rings is 1. The first-order chi connectivity index (χ1) is 9.61. The van der Waals surface area contributed by atoms with Gasteiger partial charge in [-0.3, -0.25) is 4.79 Å². The molecule has 2 aromatic rings. The second-order valence-corrected chi connectivity index (χ2v) is 3.92. The quantitative estimate of drug-likeness (QED) is 0.614. The highest BCUT2D eigenvalue weighted by Gasteiger charge is 2.09. The number of hydrogen-bond acceptors (Lipinski definition) is 6. The molecule has 0 aliphatic heterocycles. The number of nitrogens with one attached hydrogen (secondary N) is 1. The zero-order valence-electron chi connectivity index (χ0n) is 11.0. The lowest BCUT2D eigenvalue weighted by Crippen LogP contribution is -2.23.